The quantitative estimate of drug-likeness (QED) is 0.417. The summed E-state index contributed by atoms with van der Waals surface area (Å²) in [5, 5.41) is 0. The number of rotatable bonds is 4. The van der Waals surface area contributed by atoms with Crippen molar-refractivity contribution in [2.24, 2.45) is 5.41 Å². The molecule has 0 aliphatic heterocycles. The summed E-state index contributed by atoms with van der Waals surface area (Å²) < 4.78 is 0. The zero-order chi connectivity index (χ0) is 16.4. The van der Waals surface area contributed by atoms with Gasteiger partial charge in [0.25, 0.3) is 0 Å². The van der Waals surface area contributed by atoms with Crippen LogP contribution >= 0.6 is 11.6 Å². The molecule has 0 spiro atoms. The van der Waals surface area contributed by atoms with Crippen LogP contribution < -0.4 is 0 Å². The maximum Gasteiger partial charge on any atom is 0.0695 e. The van der Waals surface area contributed by atoms with Crippen LogP contribution in [-0.2, 0) is 0 Å². The lowest BCUT2D eigenvalue weighted by atomic mass is 9.62. The molecule has 2 atom stereocenters. The van der Waals surface area contributed by atoms with Crippen LogP contribution in [0.5, 0.6) is 0 Å². The molecule has 2 rings (SSSR count). The monoisotopic (exact) mass is 316 g/mol. The van der Waals surface area contributed by atoms with Gasteiger partial charge in [-0.05, 0) is 49.3 Å². The summed E-state index contributed by atoms with van der Waals surface area (Å²) in [6.07, 6.45) is 8.79. The van der Waals surface area contributed by atoms with E-state index in [9.17, 15) is 0 Å². The highest BCUT2D eigenvalue weighted by Crippen LogP contribution is 2.55. The minimum Gasteiger partial charge on any atom is -0.114 e. The molecular weight excluding hydrogens is 288 g/mol. The zero-order valence-electron chi connectivity index (χ0n) is 14.7. The molecule has 120 valence electrons. The SMILES string of the molecule is CC/C=C1\C(Cl)(CC)CC=C(c2ccc(C)cc2)C1(C)CC. The lowest BCUT2D eigenvalue weighted by Gasteiger charge is -2.46. The lowest BCUT2D eigenvalue weighted by molar-refractivity contribution is 0.423. The third-order valence-corrected chi connectivity index (χ3v) is 5.96. The Hall–Kier alpha value is -1.01. The molecule has 1 heteroatoms. The molecule has 1 aromatic carbocycles. The summed E-state index contributed by atoms with van der Waals surface area (Å²) in [5.74, 6) is 0. The van der Waals surface area contributed by atoms with Crippen molar-refractivity contribution in [2.75, 3.05) is 0 Å². The van der Waals surface area contributed by atoms with Crippen molar-refractivity contribution in [2.45, 2.75) is 65.2 Å². The minimum absolute atomic E-state index is 0.0290. The van der Waals surface area contributed by atoms with Gasteiger partial charge in [0, 0.05) is 5.41 Å². The van der Waals surface area contributed by atoms with Gasteiger partial charge in [0.2, 0.25) is 0 Å². The van der Waals surface area contributed by atoms with Crippen molar-refractivity contribution in [3.05, 3.63) is 53.1 Å². The molecule has 0 amide bonds. The second kappa shape index (κ2) is 6.62. The average Bonchev–Trinajstić information content (AvgIpc) is 2.53. The van der Waals surface area contributed by atoms with E-state index in [4.69, 9.17) is 11.6 Å². The van der Waals surface area contributed by atoms with E-state index in [0.29, 0.717) is 0 Å². The van der Waals surface area contributed by atoms with Crippen LogP contribution in [0.2, 0.25) is 0 Å². The third kappa shape index (κ3) is 2.91. The molecule has 0 heterocycles. The Morgan fingerprint density at radius 3 is 2.23 bits per heavy atom. The topological polar surface area (TPSA) is 0 Å². The Kier molecular flexibility index (Phi) is 5.22. The second-order valence-corrected chi connectivity index (χ2v) is 7.44. The Morgan fingerprint density at radius 1 is 1.09 bits per heavy atom. The van der Waals surface area contributed by atoms with E-state index >= 15 is 0 Å². The number of hydrogen-bond acceptors (Lipinski definition) is 0. The van der Waals surface area contributed by atoms with Crippen LogP contribution in [0.4, 0.5) is 0 Å². The van der Waals surface area contributed by atoms with Crippen molar-refractivity contribution in [3.63, 3.8) is 0 Å². The van der Waals surface area contributed by atoms with E-state index in [2.05, 4.69) is 71.0 Å². The minimum atomic E-state index is -0.213. The van der Waals surface area contributed by atoms with Crippen molar-refractivity contribution in [1.82, 2.24) is 0 Å². The Labute approximate surface area is 141 Å². The molecule has 0 saturated carbocycles. The van der Waals surface area contributed by atoms with Crippen LogP contribution in [0.1, 0.15) is 64.5 Å². The molecule has 0 aromatic heterocycles. The number of hydrogen-bond donors (Lipinski definition) is 0. The first-order chi connectivity index (χ1) is 10.4. The van der Waals surface area contributed by atoms with E-state index in [-0.39, 0.29) is 10.3 Å². The molecule has 0 saturated heterocycles. The number of alkyl halides is 1. The van der Waals surface area contributed by atoms with Crippen molar-refractivity contribution < 1.29 is 0 Å². The predicted octanol–water partition coefficient (Wildman–Crippen LogP) is 6.92. The summed E-state index contributed by atoms with van der Waals surface area (Å²) in [6.45, 7) is 11.2. The highest BCUT2D eigenvalue weighted by Gasteiger charge is 2.45. The molecule has 0 nitrogen and oxygen atoms in total. The average molecular weight is 317 g/mol. The van der Waals surface area contributed by atoms with Crippen molar-refractivity contribution >= 4 is 17.2 Å². The summed E-state index contributed by atoms with van der Waals surface area (Å²) in [4.78, 5) is -0.213. The third-order valence-electron chi connectivity index (χ3n) is 5.34. The van der Waals surface area contributed by atoms with E-state index < -0.39 is 0 Å². The predicted molar refractivity (Wildman–Crippen MR) is 99.4 cm³/mol. The number of allylic oxidation sites excluding steroid dienone is 4. The maximum absolute atomic E-state index is 7.03. The van der Waals surface area contributed by atoms with E-state index in [1.54, 1.807) is 0 Å². The molecule has 22 heavy (non-hydrogen) atoms. The van der Waals surface area contributed by atoms with Gasteiger partial charge in [-0.25, -0.2) is 0 Å². The number of aryl methyl sites for hydroxylation is 1. The summed E-state index contributed by atoms with van der Waals surface area (Å²) >= 11 is 7.03. The standard InChI is InChI=1S/C21H29Cl/c1-6-9-19-20(5,7-2)18(14-15-21(19,22)8-3)17-12-10-16(4)11-13-17/h9-14H,6-8,15H2,1-5H3/b19-9-. The van der Waals surface area contributed by atoms with Gasteiger partial charge < -0.3 is 0 Å². The highest BCUT2D eigenvalue weighted by molar-refractivity contribution is 6.26. The van der Waals surface area contributed by atoms with Crippen LogP contribution in [-0.4, -0.2) is 4.87 Å². The van der Waals surface area contributed by atoms with E-state index in [0.717, 1.165) is 25.7 Å². The van der Waals surface area contributed by atoms with Gasteiger partial charge in [-0.2, -0.15) is 0 Å². The van der Waals surface area contributed by atoms with E-state index in [1.165, 1.54) is 22.3 Å². The maximum atomic E-state index is 7.03. The molecule has 1 aliphatic rings. The van der Waals surface area contributed by atoms with Gasteiger partial charge in [-0.3, -0.25) is 0 Å². The first-order valence-electron chi connectivity index (χ1n) is 8.59. The van der Waals surface area contributed by atoms with Crippen LogP contribution in [0.15, 0.2) is 42.0 Å². The summed E-state index contributed by atoms with van der Waals surface area (Å²) in [6, 6.07) is 8.92. The highest BCUT2D eigenvalue weighted by atomic mass is 35.5. The molecule has 0 bridgehead atoms. The molecule has 0 fully saturated rings. The smallest absolute Gasteiger partial charge is 0.0695 e. The molecule has 1 aromatic rings. The van der Waals surface area contributed by atoms with Gasteiger partial charge in [0.05, 0.1) is 4.87 Å². The van der Waals surface area contributed by atoms with Crippen molar-refractivity contribution in [1.29, 1.82) is 0 Å². The fraction of sp³-hybridized carbons (Fsp3) is 0.524. The first-order valence-corrected chi connectivity index (χ1v) is 8.96. The number of halogens is 1. The molecule has 0 radical (unpaired) electrons. The summed E-state index contributed by atoms with van der Waals surface area (Å²) in [7, 11) is 0. The van der Waals surface area contributed by atoms with Crippen molar-refractivity contribution in [3.8, 4) is 0 Å². The van der Waals surface area contributed by atoms with Gasteiger partial charge >= 0.3 is 0 Å². The Bertz CT molecular complexity index is 578. The van der Waals surface area contributed by atoms with E-state index in [1.807, 2.05) is 0 Å². The van der Waals surface area contributed by atoms with Gasteiger partial charge in [0.1, 0.15) is 0 Å². The zero-order valence-corrected chi connectivity index (χ0v) is 15.4. The molecule has 2 unspecified atom stereocenters. The Balaban J connectivity index is 2.60. The molecule has 1 aliphatic carbocycles. The molecular formula is C21H29Cl. The van der Waals surface area contributed by atoms with Gasteiger partial charge in [-0.1, -0.05) is 69.7 Å². The Morgan fingerprint density at radius 2 is 1.73 bits per heavy atom. The lowest BCUT2D eigenvalue weighted by Crippen LogP contribution is -2.38. The second-order valence-electron chi connectivity index (χ2n) is 6.72. The normalized spacial score (nSPS) is 30.5. The number of benzene rings is 1. The molecule has 0 N–H and O–H groups in total. The first kappa shape index (κ1) is 17.3. The van der Waals surface area contributed by atoms with Gasteiger partial charge in [0.15, 0.2) is 0 Å². The van der Waals surface area contributed by atoms with Crippen LogP contribution in [0, 0.1) is 12.3 Å². The van der Waals surface area contributed by atoms with Crippen LogP contribution in [0.25, 0.3) is 5.57 Å². The largest absolute Gasteiger partial charge is 0.114 e. The van der Waals surface area contributed by atoms with Gasteiger partial charge in [-0.15, -0.1) is 11.6 Å². The fourth-order valence-corrected chi connectivity index (χ4v) is 4.10. The summed E-state index contributed by atoms with van der Waals surface area (Å²) in [5.41, 5.74) is 5.54. The fourth-order valence-electron chi connectivity index (χ4n) is 3.74. The van der Waals surface area contributed by atoms with Crippen LogP contribution in [0.3, 0.4) is 0 Å².